The molecule has 0 unspecified atom stereocenters. The lowest BCUT2D eigenvalue weighted by Gasteiger charge is -2.38. The summed E-state index contributed by atoms with van der Waals surface area (Å²) in [4.78, 5) is 2.62. The van der Waals surface area contributed by atoms with Gasteiger partial charge in [0.15, 0.2) is 0 Å². The molecule has 0 aromatic heterocycles. The molecule has 1 fully saturated rings. The monoisotopic (exact) mass is 251 g/mol. The van der Waals surface area contributed by atoms with Gasteiger partial charge in [-0.25, -0.2) is 0 Å². The number of halogens is 1. The maximum atomic E-state index is 5.82. The van der Waals surface area contributed by atoms with Gasteiger partial charge in [-0.3, -0.25) is 4.90 Å². The topological polar surface area (TPSA) is 3.24 Å². The Kier molecular flexibility index (Phi) is 4.87. The van der Waals surface area contributed by atoms with Gasteiger partial charge in [-0.05, 0) is 43.9 Å². The average molecular weight is 252 g/mol. The van der Waals surface area contributed by atoms with Crippen molar-refractivity contribution in [2.45, 2.75) is 45.2 Å². The third-order valence-electron chi connectivity index (χ3n) is 3.80. The molecule has 1 aromatic rings. The summed E-state index contributed by atoms with van der Waals surface area (Å²) in [5, 5.41) is 0. The van der Waals surface area contributed by atoms with Crippen molar-refractivity contribution in [3.63, 3.8) is 0 Å². The zero-order valence-corrected chi connectivity index (χ0v) is 11.4. The first-order valence-electron chi connectivity index (χ1n) is 6.66. The van der Waals surface area contributed by atoms with Gasteiger partial charge < -0.3 is 0 Å². The van der Waals surface area contributed by atoms with Crippen LogP contribution in [0.4, 0.5) is 0 Å². The fourth-order valence-electron chi connectivity index (χ4n) is 2.41. The lowest BCUT2D eigenvalue weighted by Crippen LogP contribution is -2.40. The van der Waals surface area contributed by atoms with Crippen molar-refractivity contribution < 1.29 is 0 Å². The van der Waals surface area contributed by atoms with Crippen molar-refractivity contribution in [2.24, 2.45) is 0 Å². The van der Waals surface area contributed by atoms with E-state index in [0.717, 1.165) is 31.4 Å². The van der Waals surface area contributed by atoms with Crippen LogP contribution in [0.25, 0.3) is 0 Å². The Morgan fingerprint density at radius 3 is 2.65 bits per heavy atom. The summed E-state index contributed by atoms with van der Waals surface area (Å²) in [6, 6.07) is 9.52. The van der Waals surface area contributed by atoms with Crippen LogP contribution < -0.4 is 0 Å². The molecule has 0 heterocycles. The standard InChI is InChI=1S/C15H22ClN/c1-13-6-2-3-7-14(13)12-17(11-5-10-16)15-8-4-9-15/h2-3,6-7,15H,4-5,8-12H2,1H3. The Morgan fingerprint density at radius 1 is 1.29 bits per heavy atom. The highest BCUT2D eigenvalue weighted by molar-refractivity contribution is 6.17. The Morgan fingerprint density at radius 2 is 2.06 bits per heavy atom. The first kappa shape index (κ1) is 12.9. The van der Waals surface area contributed by atoms with Gasteiger partial charge in [0.1, 0.15) is 0 Å². The summed E-state index contributed by atoms with van der Waals surface area (Å²) in [6.07, 6.45) is 5.24. The minimum absolute atomic E-state index is 0.775. The predicted molar refractivity (Wildman–Crippen MR) is 74.6 cm³/mol. The smallest absolute Gasteiger partial charge is 0.0239 e. The quantitative estimate of drug-likeness (QED) is 0.692. The number of aryl methyl sites for hydroxylation is 1. The van der Waals surface area contributed by atoms with E-state index in [0.29, 0.717) is 0 Å². The molecule has 1 saturated carbocycles. The second-order valence-electron chi connectivity index (χ2n) is 5.02. The summed E-state index contributed by atoms with van der Waals surface area (Å²) in [5.74, 6) is 0.775. The van der Waals surface area contributed by atoms with Gasteiger partial charge in [-0.2, -0.15) is 0 Å². The first-order valence-corrected chi connectivity index (χ1v) is 7.19. The van der Waals surface area contributed by atoms with Crippen LogP contribution in [0.15, 0.2) is 24.3 Å². The molecule has 2 rings (SSSR count). The number of benzene rings is 1. The summed E-state index contributed by atoms with van der Waals surface area (Å²) in [7, 11) is 0. The Balaban J connectivity index is 1.98. The van der Waals surface area contributed by atoms with Crippen LogP contribution in [0, 0.1) is 6.92 Å². The number of nitrogens with zero attached hydrogens (tertiary/aromatic N) is 1. The molecular weight excluding hydrogens is 230 g/mol. The van der Waals surface area contributed by atoms with Crippen molar-refractivity contribution in [2.75, 3.05) is 12.4 Å². The first-order chi connectivity index (χ1) is 8.31. The SMILES string of the molecule is Cc1ccccc1CN(CCCCl)C1CCC1. The zero-order chi connectivity index (χ0) is 12.1. The largest absolute Gasteiger partial charge is 0.296 e. The lowest BCUT2D eigenvalue weighted by molar-refractivity contribution is 0.119. The summed E-state index contributed by atoms with van der Waals surface area (Å²) < 4.78 is 0. The molecular formula is C15H22ClN. The van der Waals surface area contributed by atoms with Gasteiger partial charge in [0, 0.05) is 18.5 Å². The molecule has 0 spiro atoms. The minimum atomic E-state index is 0.775. The predicted octanol–water partition coefficient (Wildman–Crippen LogP) is 3.98. The second-order valence-corrected chi connectivity index (χ2v) is 5.40. The van der Waals surface area contributed by atoms with Crippen molar-refractivity contribution in [3.05, 3.63) is 35.4 Å². The summed E-state index contributed by atoms with van der Waals surface area (Å²) in [6.45, 7) is 4.44. The lowest BCUT2D eigenvalue weighted by atomic mass is 9.90. The molecule has 94 valence electrons. The third kappa shape index (κ3) is 3.46. The van der Waals surface area contributed by atoms with Gasteiger partial charge in [0.25, 0.3) is 0 Å². The summed E-state index contributed by atoms with van der Waals surface area (Å²) in [5.41, 5.74) is 2.87. The van der Waals surface area contributed by atoms with Gasteiger partial charge >= 0.3 is 0 Å². The van der Waals surface area contributed by atoms with Gasteiger partial charge in [0.2, 0.25) is 0 Å². The number of alkyl halides is 1. The Hall–Kier alpha value is -0.530. The molecule has 1 aliphatic rings. The van der Waals surface area contributed by atoms with Crippen molar-refractivity contribution in [1.82, 2.24) is 4.90 Å². The molecule has 0 amide bonds. The molecule has 0 saturated heterocycles. The molecule has 1 aliphatic carbocycles. The van der Waals surface area contributed by atoms with E-state index in [2.05, 4.69) is 36.1 Å². The molecule has 0 aliphatic heterocycles. The zero-order valence-electron chi connectivity index (χ0n) is 10.7. The molecule has 2 heteroatoms. The van der Waals surface area contributed by atoms with Crippen LogP contribution >= 0.6 is 11.6 Å². The van der Waals surface area contributed by atoms with E-state index in [4.69, 9.17) is 11.6 Å². The van der Waals surface area contributed by atoms with Gasteiger partial charge in [-0.1, -0.05) is 30.7 Å². The fourth-order valence-corrected chi connectivity index (χ4v) is 2.53. The van der Waals surface area contributed by atoms with E-state index in [1.54, 1.807) is 0 Å². The Labute approximate surface area is 110 Å². The van der Waals surface area contributed by atoms with E-state index in [9.17, 15) is 0 Å². The third-order valence-corrected chi connectivity index (χ3v) is 4.07. The highest BCUT2D eigenvalue weighted by Crippen LogP contribution is 2.27. The fraction of sp³-hybridized carbons (Fsp3) is 0.600. The molecule has 1 aromatic carbocycles. The van der Waals surface area contributed by atoms with E-state index in [1.807, 2.05) is 0 Å². The highest BCUT2D eigenvalue weighted by atomic mass is 35.5. The molecule has 0 radical (unpaired) electrons. The second kappa shape index (κ2) is 6.42. The van der Waals surface area contributed by atoms with Crippen LogP contribution in [0.2, 0.25) is 0 Å². The normalized spacial score (nSPS) is 16.2. The number of hydrogen-bond acceptors (Lipinski definition) is 1. The maximum absolute atomic E-state index is 5.82. The van der Waals surface area contributed by atoms with Crippen LogP contribution in [-0.2, 0) is 6.54 Å². The minimum Gasteiger partial charge on any atom is -0.296 e. The molecule has 0 bridgehead atoms. The van der Waals surface area contributed by atoms with Gasteiger partial charge in [-0.15, -0.1) is 11.6 Å². The molecule has 1 nitrogen and oxygen atoms in total. The van der Waals surface area contributed by atoms with E-state index < -0.39 is 0 Å². The van der Waals surface area contributed by atoms with Gasteiger partial charge in [0.05, 0.1) is 0 Å². The van der Waals surface area contributed by atoms with Crippen LogP contribution in [0.3, 0.4) is 0 Å². The number of rotatable bonds is 6. The Bertz CT molecular complexity index is 347. The van der Waals surface area contributed by atoms with Crippen molar-refractivity contribution in [3.8, 4) is 0 Å². The van der Waals surface area contributed by atoms with E-state index >= 15 is 0 Å². The van der Waals surface area contributed by atoms with Crippen LogP contribution in [0.5, 0.6) is 0 Å². The summed E-state index contributed by atoms with van der Waals surface area (Å²) >= 11 is 5.82. The van der Waals surface area contributed by atoms with Crippen LogP contribution in [0.1, 0.15) is 36.8 Å². The molecule has 17 heavy (non-hydrogen) atoms. The maximum Gasteiger partial charge on any atom is 0.0239 e. The highest BCUT2D eigenvalue weighted by Gasteiger charge is 2.24. The molecule has 0 atom stereocenters. The van der Waals surface area contributed by atoms with E-state index in [1.165, 1.54) is 30.4 Å². The van der Waals surface area contributed by atoms with Crippen LogP contribution in [-0.4, -0.2) is 23.4 Å². The van der Waals surface area contributed by atoms with Crippen molar-refractivity contribution in [1.29, 1.82) is 0 Å². The molecule has 0 N–H and O–H groups in total. The number of hydrogen-bond donors (Lipinski definition) is 0. The van der Waals surface area contributed by atoms with Crippen molar-refractivity contribution >= 4 is 11.6 Å². The average Bonchev–Trinajstić information content (AvgIpc) is 2.26. The van der Waals surface area contributed by atoms with E-state index in [-0.39, 0.29) is 0 Å².